The summed E-state index contributed by atoms with van der Waals surface area (Å²) >= 11 is 0. The number of halogens is 1. The van der Waals surface area contributed by atoms with Crippen LogP contribution in [-0.4, -0.2) is 47.2 Å². The summed E-state index contributed by atoms with van der Waals surface area (Å²) in [6.07, 6.45) is 1.65. The zero-order chi connectivity index (χ0) is 12.1. The number of nitrogens with one attached hydrogen (secondary N) is 1. The second kappa shape index (κ2) is 3.69. The van der Waals surface area contributed by atoms with Gasteiger partial charge in [-0.05, 0) is 47.0 Å². The highest BCUT2D eigenvalue weighted by Gasteiger charge is 2.62. The lowest BCUT2D eigenvalue weighted by Gasteiger charge is -2.53. The maximum atomic E-state index is 14.5. The predicted molar refractivity (Wildman–Crippen MR) is 64.1 cm³/mol. The molecule has 2 N–H and O–H groups in total. The van der Waals surface area contributed by atoms with E-state index in [0.29, 0.717) is 0 Å². The van der Waals surface area contributed by atoms with E-state index in [0.717, 1.165) is 19.3 Å². The third-order valence-corrected chi connectivity index (χ3v) is 4.65. The minimum absolute atomic E-state index is 0.0703. The number of rotatable bonds is 2. The third kappa shape index (κ3) is 1.45. The molecule has 2 saturated heterocycles. The van der Waals surface area contributed by atoms with Crippen LogP contribution in [0.5, 0.6) is 0 Å². The van der Waals surface area contributed by atoms with Crippen molar-refractivity contribution >= 4 is 7.05 Å². The van der Waals surface area contributed by atoms with E-state index in [-0.39, 0.29) is 11.6 Å². The Bertz CT molecular complexity index is 291. The minimum atomic E-state index is -0.914. The van der Waals surface area contributed by atoms with Crippen molar-refractivity contribution in [3.8, 4) is 0 Å². The molecule has 4 atom stereocenters. The van der Waals surface area contributed by atoms with Crippen LogP contribution in [-0.2, 0) is 0 Å². The van der Waals surface area contributed by atoms with E-state index in [4.69, 9.17) is 0 Å². The van der Waals surface area contributed by atoms with Gasteiger partial charge in [-0.3, -0.25) is 0 Å². The fourth-order valence-corrected chi connectivity index (χ4v) is 3.99. The molecule has 0 radical (unpaired) electrons. The first kappa shape index (κ1) is 12.3. The summed E-state index contributed by atoms with van der Waals surface area (Å²) in [7, 11) is 1.25. The van der Waals surface area contributed by atoms with E-state index in [2.05, 4.69) is 12.2 Å². The van der Waals surface area contributed by atoms with Crippen molar-refractivity contribution in [3.05, 3.63) is 0 Å². The van der Waals surface area contributed by atoms with E-state index >= 15 is 0 Å². The maximum absolute atomic E-state index is 14.5. The Morgan fingerprint density at radius 2 is 2.06 bits per heavy atom. The largest absolute Gasteiger partial charge is 0.437 e. The first-order chi connectivity index (χ1) is 7.35. The number of alkyl halides is 1. The molecule has 3 nitrogen and oxygen atoms in total. The van der Waals surface area contributed by atoms with Crippen molar-refractivity contribution in [3.63, 3.8) is 0 Å². The molecule has 2 heterocycles. The van der Waals surface area contributed by atoms with E-state index in [1.165, 1.54) is 0 Å². The number of hydrogen-bond acceptors (Lipinski definition) is 3. The third-order valence-electron chi connectivity index (χ3n) is 4.65. The highest BCUT2D eigenvalue weighted by molar-refractivity contribution is 6.46. The first-order valence-corrected chi connectivity index (χ1v) is 6.14. The Labute approximate surface area is 97.5 Å². The summed E-state index contributed by atoms with van der Waals surface area (Å²) in [6.45, 7) is 5.83. The molecule has 0 unspecified atom stereocenters. The molecular weight excluding hydrogens is 206 g/mol. The fourth-order valence-electron chi connectivity index (χ4n) is 3.99. The van der Waals surface area contributed by atoms with E-state index in [9.17, 15) is 9.41 Å². The van der Waals surface area contributed by atoms with Crippen molar-refractivity contribution in [1.29, 1.82) is 0 Å². The van der Waals surface area contributed by atoms with Gasteiger partial charge in [0.25, 0.3) is 0 Å². The SMILES string of the molecule is CN[C@H]1C[C@]2(C)CC[C@](C)([C@H]1F)N2B(C)O. The van der Waals surface area contributed by atoms with Gasteiger partial charge in [0, 0.05) is 17.1 Å². The Hall–Kier alpha value is -0.125. The highest BCUT2D eigenvalue weighted by atomic mass is 19.1. The highest BCUT2D eigenvalue weighted by Crippen LogP contribution is 2.51. The lowest BCUT2D eigenvalue weighted by molar-refractivity contribution is -0.0136. The first-order valence-electron chi connectivity index (χ1n) is 6.14. The average Bonchev–Trinajstić information content (AvgIpc) is 2.43. The van der Waals surface area contributed by atoms with Gasteiger partial charge in [-0.1, -0.05) is 0 Å². The molecule has 0 saturated carbocycles. The number of piperidine rings is 1. The lowest BCUT2D eigenvalue weighted by atomic mass is 9.69. The van der Waals surface area contributed by atoms with E-state index in [1.807, 2.05) is 18.8 Å². The smallest absolute Gasteiger partial charge is 0.377 e. The van der Waals surface area contributed by atoms with Crippen LogP contribution < -0.4 is 5.32 Å². The summed E-state index contributed by atoms with van der Waals surface area (Å²) in [6, 6.07) is -0.0903. The topological polar surface area (TPSA) is 35.5 Å². The molecule has 2 bridgehead atoms. The van der Waals surface area contributed by atoms with E-state index < -0.39 is 18.8 Å². The minimum Gasteiger partial charge on any atom is -0.437 e. The molecule has 0 aromatic carbocycles. The second-order valence-electron chi connectivity index (χ2n) is 5.86. The molecule has 0 spiro atoms. The number of fused-ring (bicyclic) bond motifs is 2. The maximum Gasteiger partial charge on any atom is 0.377 e. The zero-order valence-electron chi connectivity index (χ0n) is 10.6. The summed E-state index contributed by atoms with van der Waals surface area (Å²) in [4.78, 5) is 1.98. The molecule has 5 heteroatoms. The van der Waals surface area contributed by atoms with Crippen molar-refractivity contribution in [2.45, 2.75) is 63.2 Å². The molecule has 0 aromatic rings. The van der Waals surface area contributed by atoms with Gasteiger partial charge >= 0.3 is 7.05 Å². The zero-order valence-corrected chi connectivity index (χ0v) is 10.6. The van der Waals surface area contributed by atoms with Crippen LogP contribution in [0.25, 0.3) is 0 Å². The standard InChI is InChI=1S/C11H22BFN2O/c1-10-5-6-11(2,15(10)12(3)16)9(13)8(7-10)14-4/h8-9,14,16H,5-7H2,1-4H3/t8-,9-,10-,11+/m0/s1. The van der Waals surface area contributed by atoms with Crippen LogP contribution in [0.2, 0.25) is 6.82 Å². The Morgan fingerprint density at radius 3 is 2.56 bits per heavy atom. The molecule has 0 aliphatic carbocycles. The van der Waals surface area contributed by atoms with Gasteiger partial charge in [-0.2, -0.15) is 0 Å². The molecule has 2 aliphatic heterocycles. The summed E-state index contributed by atoms with van der Waals surface area (Å²) in [5.74, 6) is 0. The van der Waals surface area contributed by atoms with Crippen LogP contribution in [0.3, 0.4) is 0 Å². The molecule has 2 rings (SSSR count). The van der Waals surface area contributed by atoms with Crippen LogP contribution in [0.15, 0.2) is 0 Å². The molecule has 2 aliphatic rings. The predicted octanol–water partition coefficient (Wildman–Crippen LogP) is 1.04. The molecule has 16 heavy (non-hydrogen) atoms. The van der Waals surface area contributed by atoms with Crippen molar-refractivity contribution in [2.75, 3.05) is 7.05 Å². The summed E-state index contributed by atoms with van der Waals surface area (Å²) in [5.41, 5.74) is -0.589. The Balaban J connectivity index is 2.37. The summed E-state index contributed by atoms with van der Waals surface area (Å²) in [5, 5.41) is 13.0. The van der Waals surface area contributed by atoms with Crippen LogP contribution in [0, 0.1) is 0 Å². The molecule has 92 valence electrons. The van der Waals surface area contributed by atoms with Gasteiger partial charge < -0.3 is 15.2 Å². The average molecular weight is 228 g/mol. The monoisotopic (exact) mass is 228 g/mol. The molecule has 0 aromatic heterocycles. The van der Waals surface area contributed by atoms with Gasteiger partial charge in [0.15, 0.2) is 0 Å². The van der Waals surface area contributed by atoms with Gasteiger partial charge in [-0.15, -0.1) is 0 Å². The van der Waals surface area contributed by atoms with Gasteiger partial charge in [0.2, 0.25) is 0 Å². The Morgan fingerprint density at radius 1 is 1.44 bits per heavy atom. The quantitative estimate of drug-likeness (QED) is 0.693. The van der Waals surface area contributed by atoms with Gasteiger partial charge in [0.1, 0.15) is 6.17 Å². The Kier molecular flexibility index (Phi) is 2.84. The van der Waals surface area contributed by atoms with Crippen LogP contribution in [0.1, 0.15) is 33.1 Å². The van der Waals surface area contributed by atoms with Crippen molar-refractivity contribution < 1.29 is 9.41 Å². The lowest BCUT2D eigenvalue weighted by Crippen LogP contribution is -2.70. The van der Waals surface area contributed by atoms with Crippen molar-refractivity contribution in [1.82, 2.24) is 10.1 Å². The molecular formula is C11H22BFN2O. The summed E-state index contributed by atoms with van der Waals surface area (Å²) < 4.78 is 14.5. The van der Waals surface area contributed by atoms with Gasteiger partial charge in [0.05, 0.1) is 0 Å². The van der Waals surface area contributed by atoms with E-state index in [1.54, 1.807) is 6.82 Å². The van der Waals surface area contributed by atoms with Crippen LogP contribution in [0.4, 0.5) is 4.39 Å². The molecule has 2 fully saturated rings. The fraction of sp³-hybridized carbons (Fsp3) is 1.00. The number of hydrogen-bond donors (Lipinski definition) is 2. The molecule has 0 amide bonds. The van der Waals surface area contributed by atoms with Gasteiger partial charge in [-0.25, -0.2) is 4.39 Å². The second-order valence-corrected chi connectivity index (χ2v) is 5.86. The normalized spacial score (nSPS) is 48.4. The van der Waals surface area contributed by atoms with Crippen molar-refractivity contribution in [2.24, 2.45) is 0 Å². The number of nitrogens with zero attached hydrogens (tertiary/aromatic N) is 1. The van der Waals surface area contributed by atoms with Crippen LogP contribution >= 0.6 is 0 Å².